The summed E-state index contributed by atoms with van der Waals surface area (Å²) in [6.07, 6.45) is 0.781. The van der Waals surface area contributed by atoms with Gasteiger partial charge in [0.05, 0.1) is 25.9 Å². The van der Waals surface area contributed by atoms with Gasteiger partial charge in [-0.1, -0.05) is 0 Å². The van der Waals surface area contributed by atoms with Gasteiger partial charge in [0.15, 0.2) is 0 Å². The van der Waals surface area contributed by atoms with Crippen LogP contribution in [0.25, 0.3) is 0 Å². The van der Waals surface area contributed by atoms with E-state index in [9.17, 15) is 5.11 Å². The number of aliphatic hydroxyl groups is 1. The number of hydrogen-bond acceptors (Lipinski definition) is 5. The average Bonchev–Trinajstić information content (AvgIpc) is 2.50. The molecule has 1 saturated heterocycles. The van der Waals surface area contributed by atoms with E-state index in [4.69, 9.17) is 9.47 Å². The maximum Gasteiger partial charge on any atom is 0.0900 e. The summed E-state index contributed by atoms with van der Waals surface area (Å²) in [6, 6.07) is 0. The number of methoxy groups -OCH3 is 1. The van der Waals surface area contributed by atoms with E-state index in [0.717, 1.165) is 26.2 Å². The third kappa shape index (κ3) is 6.95. The van der Waals surface area contributed by atoms with Gasteiger partial charge >= 0.3 is 0 Å². The first kappa shape index (κ1) is 14.9. The lowest BCUT2D eigenvalue weighted by Crippen LogP contribution is -2.37. The topological polar surface area (TPSA) is 45.2 Å². The minimum absolute atomic E-state index is 0.393. The van der Waals surface area contributed by atoms with Gasteiger partial charge in [-0.15, -0.1) is 0 Å². The first-order chi connectivity index (χ1) is 8.22. The lowest BCUT2D eigenvalue weighted by molar-refractivity contribution is 0.0000130. The summed E-state index contributed by atoms with van der Waals surface area (Å²) in [6.45, 7) is 6.58. The lowest BCUT2D eigenvalue weighted by Gasteiger charge is -2.23. The zero-order chi connectivity index (χ0) is 12.5. The maximum absolute atomic E-state index is 9.84. The number of likely N-dealkylation sites (N-methyl/N-ethyl adjacent to an activating group) is 1. The molecule has 0 radical (unpaired) electrons. The van der Waals surface area contributed by atoms with Crippen LogP contribution in [0.2, 0.25) is 0 Å². The highest BCUT2D eigenvalue weighted by atomic mass is 16.5. The zero-order valence-electron chi connectivity index (χ0n) is 11.1. The van der Waals surface area contributed by atoms with Crippen molar-refractivity contribution in [1.82, 2.24) is 9.80 Å². The quantitative estimate of drug-likeness (QED) is 0.622. The van der Waals surface area contributed by atoms with Crippen molar-refractivity contribution < 1.29 is 14.6 Å². The fourth-order valence-electron chi connectivity index (χ4n) is 1.99. The van der Waals surface area contributed by atoms with Crippen LogP contribution in [-0.4, -0.2) is 87.7 Å². The van der Waals surface area contributed by atoms with Crippen LogP contribution in [0.15, 0.2) is 0 Å². The molecular formula is C12H26N2O3. The van der Waals surface area contributed by atoms with Crippen molar-refractivity contribution in [3.63, 3.8) is 0 Å². The fraction of sp³-hybridized carbons (Fsp3) is 1.00. The summed E-state index contributed by atoms with van der Waals surface area (Å²) in [7, 11) is 3.79. The fourth-order valence-corrected chi connectivity index (χ4v) is 1.99. The summed E-state index contributed by atoms with van der Waals surface area (Å²) >= 11 is 0. The van der Waals surface area contributed by atoms with Crippen molar-refractivity contribution in [2.24, 2.45) is 0 Å². The van der Waals surface area contributed by atoms with E-state index in [-0.39, 0.29) is 0 Å². The second-order valence-corrected chi connectivity index (χ2v) is 4.68. The van der Waals surface area contributed by atoms with E-state index in [1.54, 1.807) is 7.11 Å². The van der Waals surface area contributed by atoms with Crippen LogP contribution in [0, 0.1) is 0 Å². The predicted octanol–water partition coefficient (Wildman–Crippen LogP) is -0.352. The van der Waals surface area contributed by atoms with Crippen LogP contribution < -0.4 is 0 Å². The van der Waals surface area contributed by atoms with Gasteiger partial charge in [0, 0.05) is 26.7 Å². The molecule has 0 aromatic rings. The third-order valence-corrected chi connectivity index (χ3v) is 3.02. The number of rotatable bonds is 7. The van der Waals surface area contributed by atoms with Gasteiger partial charge in [-0.05, 0) is 26.6 Å². The van der Waals surface area contributed by atoms with Gasteiger partial charge in [-0.2, -0.15) is 0 Å². The molecule has 0 aromatic carbocycles. The van der Waals surface area contributed by atoms with Crippen LogP contribution in [0.3, 0.4) is 0 Å². The minimum Gasteiger partial charge on any atom is -0.389 e. The van der Waals surface area contributed by atoms with Crippen molar-refractivity contribution in [2.75, 3.05) is 66.7 Å². The maximum atomic E-state index is 9.84. The van der Waals surface area contributed by atoms with Gasteiger partial charge < -0.3 is 19.5 Å². The molecule has 0 bridgehead atoms. The number of ether oxygens (including phenoxy) is 2. The first-order valence-electron chi connectivity index (χ1n) is 6.38. The molecule has 5 nitrogen and oxygen atoms in total. The average molecular weight is 246 g/mol. The van der Waals surface area contributed by atoms with Crippen molar-refractivity contribution in [1.29, 1.82) is 0 Å². The van der Waals surface area contributed by atoms with E-state index < -0.39 is 6.10 Å². The van der Waals surface area contributed by atoms with E-state index >= 15 is 0 Å². The Kier molecular flexibility index (Phi) is 7.72. The number of β-amino-alcohol motifs (C(OH)–C–C–N with tert-alkyl or cyclic N) is 1. The smallest absolute Gasteiger partial charge is 0.0900 e. The van der Waals surface area contributed by atoms with E-state index in [1.165, 1.54) is 6.42 Å². The van der Waals surface area contributed by atoms with Gasteiger partial charge in [0.25, 0.3) is 0 Å². The molecular weight excluding hydrogens is 220 g/mol. The largest absolute Gasteiger partial charge is 0.389 e. The van der Waals surface area contributed by atoms with Crippen LogP contribution in [0.5, 0.6) is 0 Å². The molecule has 1 unspecified atom stereocenters. The Morgan fingerprint density at radius 1 is 1.18 bits per heavy atom. The molecule has 1 heterocycles. The van der Waals surface area contributed by atoms with E-state index in [1.807, 2.05) is 0 Å². The molecule has 0 aromatic heterocycles. The molecule has 1 N–H and O–H groups in total. The summed E-state index contributed by atoms with van der Waals surface area (Å²) < 4.78 is 10.2. The lowest BCUT2D eigenvalue weighted by atomic mass is 10.3. The monoisotopic (exact) mass is 246 g/mol. The molecule has 1 aliphatic heterocycles. The highest BCUT2D eigenvalue weighted by Gasteiger charge is 2.15. The molecule has 1 atom stereocenters. The molecule has 5 heteroatoms. The summed E-state index contributed by atoms with van der Waals surface area (Å²) in [5.41, 5.74) is 0. The van der Waals surface area contributed by atoms with Crippen LogP contribution >= 0.6 is 0 Å². The van der Waals surface area contributed by atoms with E-state index in [0.29, 0.717) is 26.4 Å². The van der Waals surface area contributed by atoms with Crippen molar-refractivity contribution in [3.8, 4) is 0 Å². The molecule has 0 aliphatic carbocycles. The van der Waals surface area contributed by atoms with Gasteiger partial charge in [-0.3, -0.25) is 4.90 Å². The van der Waals surface area contributed by atoms with Crippen molar-refractivity contribution in [3.05, 3.63) is 0 Å². The summed E-state index contributed by atoms with van der Waals surface area (Å²) in [5, 5.41) is 9.84. The van der Waals surface area contributed by atoms with Crippen LogP contribution in [0.4, 0.5) is 0 Å². The Morgan fingerprint density at radius 2 is 2.00 bits per heavy atom. The summed E-state index contributed by atoms with van der Waals surface area (Å²) in [4.78, 5) is 4.65. The second kappa shape index (κ2) is 8.83. The van der Waals surface area contributed by atoms with Crippen molar-refractivity contribution in [2.45, 2.75) is 12.5 Å². The van der Waals surface area contributed by atoms with Gasteiger partial charge in [0.2, 0.25) is 0 Å². The SMILES string of the molecule is COCCOCC(O)CN1CCCN(C)CC1. The normalized spacial score (nSPS) is 21.4. The number of hydrogen-bond donors (Lipinski definition) is 1. The third-order valence-electron chi connectivity index (χ3n) is 3.02. The Morgan fingerprint density at radius 3 is 2.76 bits per heavy atom. The van der Waals surface area contributed by atoms with Crippen LogP contribution in [0.1, 0.15) is 6.42 Å². The molecule has 0 saturated carbocycles. The Bertz CT molecular complexity index is 193. The number of nitrogens with zero attached hydrogens (tertiary/aromatic N) is 2. The van der Waals surface area contributed by atoms with E-state index in [2.05, 4.69) is 16.8 Å². The molecule has 17 heavy (non-hydrogen) atoms. The molecule has 0 amide bonds. The van der Waals surface area contributed by atoms with Crippen molar-refractivity contribution >= 4 is 0 Å². The molecule has 1 aliphatic rings. The standard InChI is InChI=1S/C12H26N2O3/c1-13-4-3-5-14(7-6-13)10-12(15)11-17-9-8-16-2/h12,15H,3-11H2,1-2H3. The zero-order valence-corrected chi connectivity index (χ0v) is 11.1. The first-order valence-corrected chi connectivity index (χ1v) is 6.38. The van der Waals surface area contributed by atoms with Crippen LogP contribution in [-0.2, 0) is 9.47 Å². The Balaban J connectivity index is 2.10. The number of aliphatic hydroxyl groups excluding tert-OH is 1. The Labute approximate surface area is 104 Å². The molecule has 0 spiro atoms. The predicted molar refractivity (Wildman–Crippen MR) is 67.3 cm³/mol. The van der Waals surface area contributed by atoms with Gasteiger partial charge in [-0.25, -0.2) is 0 Å². The molecule has 1 fully saturated rings. The highest BCUT2D eigenvalue weighted by Crippen LogP contribution is 2.02. The molecule has 1 rings (SSSR count). The minimum atomic E-state index is -0.393. The Hall–Kier alpha value is -0.200. The molecule has 102 valence electrons. The second-order valence-electron chi connectivity index (χ2n) is 4.68. The van der Waals surface area contributed by atoms with Gasteiger partial charge in [0.1, 0.15) is 0 Å². The highest BCUT2D eigenvalue weighted by molar-refractivity contribution is 4.70. The summed E-state index contributed by atoms with van der Waals surface area (Å²) in [5.74, 6) is 0.